The maximum atomic E-state index is 12.1. The maximum Gasteiger partial charge on any atom is 0.250 e. The number of imide groups is 1. The molecule has 0 radical (unpaired) electrons. The van der Waals surface area contributed by atoms with E-state index in [-0.39, 0.29) is 5.91 Å². The Labute approximate surface area is 159 Å². The van der Waals surface area contributed by atoms with Crippen molar-refractivity contribution in [3.05, 3.63) is 0 Å². The molecule has 3 amide bonds. The first-order chi connectivity index (χ1) is 12.4. The fourth-order valence-electron chi connectivity index (χ4n) is 2.62. The van der Waals surface area contributed by atoms with Gasteiger partial charge in [-0.05, 0) is 25.3 Å². The van der Waals surface area contributed by atoms with Crippen molar-refractivity contribution in [2.75, 3.05) is 13.1 Å². The van der Waals surface area contributed by atoms with E-state index in [2.05, 4.69) is 36.7 Å². The van der Waals surface area contributed by atoms with Crippen molar-refractivity contribution in [1.29, 1.82) is 0 Å². The lowest BCUT2D eigenvalue weighted by Gasteiger charge is -2.18. The first-order valence-electron chi connectivity index (χ1n) is 10.2. The SMILES string of the molecule is CCCCCCCCCC(=O)N[C@@H](CNCCC(C)C)C(=O)NC(C)=O. The molecule has 0 spiro atoms. The van der Waals surface area contributed by atoms with Gasteiger partial charge in [0.05, 0.1) is 0 Å². The standard InChI is InChI=1S/C20H39N3O3/c1-5-6-7-8-9-10-11-12-19(25)23-18(20(26)22-17(4)24)15-21-14-13-16(2)3/h16,18,21H,5-15H2,1-4H3,(H,23,25)(H,22,24,26)/t18-/m0/s1. The molecule has 3 N–H and O–H groups in total. The molecule has 0 unspecified atom stereocenters. The van der Waals surface area contributed by atoms with Crippen molar-refractivity contribution in [2.45, 2.75) is 91.5 Å². The van der Waals surface area contributed by atoms with Gasteiger partial charge in [-0.3, -0.25) is 19.7 Å². The topological polar surface area (TPSA) is 87.3 Å². The smallest absolute Gasteiger partial charge is 0.250 e. The van der Waals surface area contributed by atoms with Gasteiger partial charge in [0.15, 0.2) is 0 Å². The zero-order valence-corrected chi connectivity index (χ0v) is 17.2. The molecule has 26 heavy (non-hydrogen) atoms. The summed E-state index contributed by atoms with van der Waals surface area (Å²) in [4.78, 5) is 35.3. The van der Waals surface area contributed by atoms with E-state index in [1.807, 2.05) is 0 Å². The quantitative estimate of drug-likeness (QED) is 0.387. The monoisotopic (exact) mass is 369 g/mol. The van der Waals surface area contributed by atoms with Gasteiger partial charge in [0.1, 0.15) is 6.04 Å². The summed E-state index contributed by atoms with van der Waals surface area (Å²) in [5.74, 6) is -0.433. The van der Waals surface area contributed by atoms with Crippen LogP contribution in [0.15, 0.2) is 0 Å². The van der Waals surface area contributed by atoms with E-state index in [0.29, 0.717) is 18.9 Å². The zero-order chi connectivity index (χ0) is 19.8. The normalized spacial score (nSPS) is 12.0. The molecule has 0 fully saturated rings. The van der Waals surface area contributed by atoms with Crippen LogP contribution in [0.1, 0.15) is 85.5 Å². The van der Waals surface area contributed by atoms with E-state index in [4.69, 9.17) is 0 Å². The predicted molar refractivity (Wildman–Crippen MR) is 106 cm³/mol. The second-order valence-corrected chi connectivity index (χ2v) is 7.42. The van der Waals surface area contributed by atoms with Crippen LogP contribution in [0.3, 0.4) is 0 Å². The van der Waals surface area contributed by atoms with E-state index in [9.17, 15) is 14.4 Å². The van der Waals surface area contributed by atoms with Crippen LogP contribution < -0.4 is 16.0 Å². The molecule has 0 heterocycles. The van der Waals surface area contributed by atoms with Crippen LogP contribution in [0, 0.1) is 5.92 Å². The lowest BCUT2D eigenvalue weighted by molar-refractivity contribution is -0.133. The summed E-state index contributed by atoms with van der Waals surface area (Å²) in [6.45, 7) is 8.85. The van der Waals surface area contributed by atoms with Crippen molar-refractivity contribution in [1.82, 2.24) is 16.0 Å². The second-order valence-electron chi connectivity index (χ2n) is 7.42. The molecule has 0 aliphatic heterocycles. The molecule has 6 heteroatoms. The Hall–Kier alpha value is -1.43. The van der Waals surface area contributed by atoms with E-state index in [0.717, 1.165) is 32.2 Å². The van der Waals surface area contributed by atoms with Crippen LogP contribution >= 0.6 is 0 Å². The van der Waals surface area contributed by atoms with Crippen LogP contribution in [-0.2, 0) is 14.4 Å². The highest BCUT2D eigenvalue weighted by Crippen LogP contribution is 2.08. The van der Waals surface area contributed by atoms with Gasteiger partial charge < -0.3 is 10.6 Å². The summed E-state index contributed by atoms with van der Waals surface area (Å²) in [5, 5.41) is 8.20. The van der Waals surface area contributed by atoms with Crippen LogP contribution in [0.5, 0.6) is 0 Å². The van der Waals surface area contributed by atoms with Gasteiger partial charge in [-0.25, -0.2) is 0 Å². The molecule has 1 atom stereocenters. The Bertz CT molecular complexity index is 411. The summed E-state index contributed by atoms with van der Waals surface area (Å²) in [5.41, 5.74) is 0. The van der Waals surface area contributed by atoms with Crippen molar-refractivity contribution in [3.63, 3.8) is 0 Å². The molecule has 0 saturated heterocycles. The summed E-state index contributed by atoms with van der Waals surface area (Å²) < 4.78 is 0. The van der Waals surface area contributed by atoms with E-state index in [1.54, 1.807) is 0 Å². The first-order valence-corrected chi connectivity index (χ1v) is 10.2. The molecule has 0 rings (SSSR count). The molecule has 0 aliphatic rings. The molecule has 0 aromatic rings. The van der Waals surface area contributed by atoms with E-state index >= 15 is 0 Å². The minimum atomic E-state index is -0.719. The van der Waals surface area contributed by atoms with Crippen molar-refractivity contribution in [3.8, 4) is 0 Å². The molecule has 0 aliphatic carbocycles. The Morgan fingerprint density at radius 3 is 2.12 bits per heavy atom. The third-order valence-corrected chi connectivity index (χ3v) is 4.21. The molecule has 152 valence electrons. The number of nitrogens with one attached hydrogen (secondary N) is 3. The Morgan fingerprint density at radius 2 is 1.54 bits per heavy atom. The average molecular weight is 370 g/mol. The molecular formula is C20H39N3O3. The molecular weight excluding hydrogens is 330 g/mol. The number of carbonyl (C=O) groups excluding carboxylic acids is 3. The number of amides is 3. The summed E-state index contributed by atoms with van der Waals surface area (Å²) >= 11 is 0. The second kappa shape index (κ2) is 15.8. The van der Waals surface area contributed by atoms with E-state index < -0.39 is 17.9 Å². The fourth-order valence-corrected chi connectivity index (χ4v) is 2.62. The minimum Gasteiger partial charge on any atom is -0.343 e. The Balaban J connectivity index is 4.18. The fraction of sp³-hybridized carbons (Fsp3) is 0.850. The largest absolute Gasteiger partial charge is 0.343 e. The van der Waals surface area contributed by atoms with Crippen molar-refractivity contribution >= 4 is 17.7 Å². The van der Waals surface area contributed by atoms with Crippen LogP contribution in [0.25, 0.3) is 0 Å². The van der Waals surface area contributed by atoms with Crippen molar-refractivity contribution in [2.24, 2.45) is 5.92 Å². The number of rotatable bonds is 15. The average Bonchev–Trinajstić information content (AvgIpc) is 2.55. The molecule has 6 nitrogen and oxygen atoms in total. The molecule has 0 aromatic heterocycles. The zero-order valence-electron chi connectivity index (χ0n) is 17.2. The highest BCUT2D eigenvalue weighted by Gasteiger charge is 2.21. The van der Waals surface area contributed by atoms with Gasteiger partial charge >= 0.3 is 0 Å². The molecule has 0 saturated carbocycles. The predicted octanol–water partition coefficient (Wildman–Crippen LogP) is 2.91. The lowest BCUT2D eigenvalue weighted by Crippen LogP contribution is -2.52. The van der Waals surface area contributed by atoms with Gasteiger partial charge in [-0.1, -0.05) is 59.3 Å². The number of unbranched alkanes of at least 4 members (excludes halogenated alkanes) is 6. The summed E-state index contributed by atoms with van der Waals surface area (Å²) in [7, 11) is 0. The maximum absolute atomic E-state index is 12.1. The van der Waals surface area contributed by atoms with Crippen LogP contribution in [-0.4, -0.2) is 36.9 Å². The molecule has 0 aromatic carbocycles. The number of carbonyl (C=O) groups is 3. The van der Waals surface area contributed by atoms with Gasteiger partial charge in [0.2, 0.25) is 17.7 Å². The van der Waals surface area contributed by atoms with Crippen LogP contribution in [0.2, 0.25) is 0 Å². The lowest BCUT2D eigenvalue weighted by atomic mass is 10.1. The van der Waals surface area contributed by atoms with Gasteiger partial charge in [-0.15, -0.1) is 0 Å². The minimum absolute atomic E-state index is 0.132. The third-order valence-electron chi connectivity index (χ3n) is 4.21. The van der Waals surface area contributed by atoms with Crippen LogP contribution in [0.4, 0.5) is 0 Å². The first kappa shape index (κ1) is 24.6. The van der Waals surface area contributed by atoms with Gasteiger partial charge in [-0.2, -0.15) is 0 Å². The number of hydrogen-bond donors (Lipinski definition) is 3. The van der Waals surface area contributed by atoms with Crippen molar-refractivity contribution < 1.29 is 14.4 Å². The number of hydrogen-bond acceptors (Lipinski definition) is 4. The summed E-state index contributed by atoms with van der Waals surface area (Å²) in [6.07, 6.45) is 9.42. The van der Waals surface area contributed by atoms with Gasteiger partial charge in [0, 0.05) is 19.9 Å². The van der Waals surface area contributed by atoms with E-state index in [1.165, 1.54) is 32.6 Å². The Kier molecular flexibility index (Phi) is 14.9. The summed E-state index contributed by atoms with van der Waals surface area (Å²) in [6, 6.07) is -0.719. The highest BCUT2D eigenvalue weighted by molar-refractivity contribution is 5.98. The van der Waals surface area contributed by atoms with Gasteiger partial charge in [0.25, 0.3) is 0 Å². The Morgan fingerprint density at radius 1 is 0.923 bits per heavy atom. The highest BCUT2D eigenvalue weighted by atomic mass is 16.2. The third kappa shape index (κ3) is 14.9. The molecule has 0 bridgehead atoms.